The molecule has 0 radical (unpaired) electrons. The SMILES string of the molecule is CCCOc1cccc(OC2CCCC2)c1N. The Morgan fingerprint density at radius 2 is 1.94 bits per heavy atom. The molecule has 1 fully saturated rings. The van der Waals surface area contributed by atoms with Crippen LogP contribution >= 0.6 is 0 Å². The third kappa shape index (κ3) is 3.05. The topological polar surface area (TPSA) is 44.5 Å². The standard InChI is InChI=1S/C14H21NO2/c1-2-10-16-12-8-5-9-13(14(12)15)17-11-6-3-4-7-11/h5,8-9,11H,2-4,6-7,10,15H2,1H3. The van der Waals surface area contributed by atoms with Gasteiger partial charge in [-0.25, -0.2) is 0 Å². The second-order valence-corrected chi connectivity index (χ2v) is 4.54. The molecule has 0 atom stereocenters. The Morgan fingerprint density at radius 3 is 2.65 bits per heavy atom. The average molecular weight is 235 g/mol. The van der Waals surface area contributed by atoms with E-state index >= 15 is 0 Å². The predicted octanol–water partition coefficient (Wildman–Crippen LogP) is 3.38. The molecule has 0 saturated heterocycles. The van der Waals surface area contributed by atoms with Crippen molar-refractivity contribution in [2.75, 3.05) is 12.3 Å². The fourth-order valence-corrected chi connectivity index (χ4v) is 2.15. The van der Waals surface area contributed by atoms with Crippen molar-refractivity contribution >= 4 is 5.69 Å². The molecule has 1 aromatic rings. The summed E-state index contributed by atoms with van der Waals surface area (Å²) in [7, 11) is 0. The van der Waals surface area contributed by atoms with Gasteiger partial charge in [-0.3, -0.25) is 0 Å². The lowest BCUT2D eigenvalue weighted by molar-refractivity contribution is 0.210. The Kier molecular flexibility index (Phi) is 4.13. The number of hydrogen-bond acceptors (Lipinski definition) is 3. The average Bonchev–Trinajstić information content (AvgIpc) is 2.83. The third-order valence-electron chi connectivity index (χ3n) is 3.08. The van der Waals surface area contributed by atoms with Crippen molar-refractivity contribution in [2.45, 2.75) is 45.1 Å². The van der Waals surface area contributed by atoms with Gasteiger partial charge in [0.1, 0.15) is 17.2 Å². The largest absolute Gasteiger partial charge is 0.491 e. The number of ether oxygens (including phenoxy) is 2. The Morgan fingerprint density at radius 1 is 1.24 bits per heavy atom. The number of rotatable bonds is 5. The fraction of sp³-hybridized carbons (Fsp3) is 0.571. The van der Waals surface area contributed by atoms with Crippen LogP contribution in [-0.4, -0.2) is 12.7 Å². The fourth-order valence-electron chi connectivity index (χ4n) is 2.15. The summed E-state index contributed by atoms with van der Waals surface area (Å²) in [5.41, 5.74) is 6.68. The summed E-state index contributed by atoms with van der Waals surface area (Å²) in [6.45, 7) is 2.77. The molecule has 0 amide bonds. The van der Waals surface area contributed by atoms with Gasteiger partial charge in [-0.15, -0.1) is 0 Å². The molecule has 0 spiro atoms. The van der Waals surface area contributed by atoms with Crippen LogP contribution in [0, 0.1) is 0 Å². The van der Waals surface area contributed by atoms with Gasteiger partial charge in [-0.2, -0.15) is 0 Å². The zero-order valence-corrected chi connectivity index (χ0v) is 10.4. The molecule has 1 aliphatic carbocycles. The van der Waals surface area contributed by atoms with E-state index in [-0.39, 0.29) is 0 Å². The van der Waals surface area contributed by atoms with E-state index < -0.39 is 0 Å². The first-order valence-corrected chi connectivity index (χ1v) is 6.49. The van der Waals surface area contributed by atoms with Crippen LogP contribution in [0.1, 0.15) is 39.0 Å². The minimum Gasteiger partial charge on any atom is -0.491 e. The highest BCUT2D eigenvalue weighted by atomic mass is 16.5. The number of benzene rings is 1. The second kappa shape index (κ2) is 5.80. The maximum Gasteiger partial charge on any atom is 0.146 e. The van der Waals surface area contributed by atoms with E-state index in [4.69, 9.17) is 15.2 Å². The lowest BCUT2D eigenvalue weighted by Gasteiger charge is -2.16. The van der Waals surface area contributed by atoms with Crippen molar-refractivity contribution < 1.29 is 9.47 Å². The van der Waals surface area contributed by atoms with Gasteiger partial charge in [0, 0.05) is 0 Å². The lowest BCUT2D eigenvalue weighted by Crippen LogP contribution is -2.12. The molecule has 3 heteroatoms. The van der Waals surface area contributed by atoms with Crippen LogP contribution in [-0.2, 0) is 0 Å². The molecule has 17 heavy (non-hydrogen) atoms. The minimum atomic E-state index is 0.332. The molecule has 2 N–H and O–H groups in total. The van der Waals surface area contributed by atoms with Crippen LogP contribution in [0.4, 0.5) is 5.69 Å². The molecule has 1 aromatic carbocycles. The summed E-state index contributed by atoms with van der Waals surface area (Å²) >= 11 is 0. The first-order chi connectivity index (χ1) is 8.31. The van der Waals surface area contributed by atoms with Crippen LogP contribution in [0.2, 0.25) is 0 Å². The van der Waals surface area contributed by atoms with Gasteiger partial charge in [-0.1, -0.05) is 13.0 Å². The van der Waals surface area contributed by atoms with Crippen LogP contribution in [0.15, 0.2) is 18.2 Å². The van der Waals surface area contributed by atoms with Gasteiger partial charge in [0.15, 0.2) is 0 Å². The minimum absolute atomic E-state index is 0.332. The van der Waals surface area contributed by atoms with E-state index in [9.17, 15) is 0 Å². The normalized spacial score (nSPS) is 16.1. The van der Waals surface area contributed by atoms with E-state index in [0.29, 0.717) is 18.4 Å². The molecule has 1 aliphatic rings. The predicted molar refractivity (Wildman–Crippen MR) is 69.5 cm³/mol. The van der Waals surface area contributed by atoms with Gasteiger partial charge in [0.05, 0.1) is 12.7 Å². The Bertz CT molecular complexity index is 359. The maximum atomic E-state index is 6.05. The number of nitrogen functional groups attached to an aromatic ring is 1. The summed E-state index contributed by atoms with van der Waals surface area (Å²) in [4.78, 5) is 0. The Labute approximate surface area is 103 Å². The molecule has 0 aromatic heterocycles. The smallest absolute Gasteiger partial charge is 0.146 e. The molecule has 0 bridgehead atoms. The summed E-state index contributed by atoms with van der Waals surface area (Å²) in [5, 5.41) is 0. The van der Waals surface area contributed by atoms with Crippen molar-refractivity contribution in [3.63, 3.8) is 0 Å². The summed E-state index contributed by atoms with van der Waals surface area (Å²) in [6.07, 6.45) is 6.11. The zero-order chi connectivity index (χ0) is 12.1. The third-order valence-corrected chi connectivity index (χ3v) is 3.08. The Balaban J connectivity index is 2.05. The Hall–Kier alpha value is -1.38. The van der Waals surface area contributed by atoms with Crippen molar-refractivity contribution in [1.29, 1.82) is 0 Å². The van der Waals surface area contributed by atoms with E-state index in [2.05, 4.69) is 6.92 Å². The van der Waals surface area contributed by atoms with Crippen molar-refractivity contribution in [2.24, 2.45) is 0 Å². The lowest BCUT2D eigenvalue weighted by atomic mass is 10.2. The zero-order valence-electron chi connectivity index (χ0n) is 10.4. The maximum absolute atomic E-state index is 6.05. The number of anilines is 1. The molecule has 94 valence electrons. The summed E-state index contributed by atoms with van der Waals surface area (Å²) in [5.74, 6) is 1.51. The number of hydrogen-bond donors (Lipinski definition) is 1. The van der Waals surface area contributed by atoms with Gasteiger partial charge < -0.3 is 15.2 Å². The van der Waals surface area contributed by atoms with Crippen molar-refractivity contribution in [3.05, 3.63) is 18.2 Å². The highest BCUT2D eigenvalue weighted by Crippen LogP contribution is 2.34. The molecule has 3 nitrogen and oxygen atoms in total. The van der Waals surface area contributed by atoms with Gasteiger partial charge in [0.25, 0.3) is 0 Å². The van der Waals surface area contributed by atoms with E-state index in [1.54, 1.807) is 0 Å². The van der Waals surface area contributed by atoms with Crippen molar-refractivity contribution in [1.82, 2.24) is 0 Å². The van der Waals surface area contributed by atoms with Crippen LogP contribution in [0.5, 0.6) is 11.5 Å². The molecule has 1 saturated carbocycles. The molecule has 0 unspecified atom stereocenters. The molecule has 0 aliphatic heterocycles. The van der Waals surface area contributed by atoms with Gasteiger partial charge in [-0.05, 0) is 44.2 Å². The summed E-state index contributed by atoms with van der Waals surface area (Å²) < 4.78 is 11.5. The molecule has 0 heterocycles. The number of para-hydroxylation sites is 1. The van der Waals surface area contributed by atoms with Gasteiger partial charge in [0.2, 0.25) is 0 Å². The van der Waals surface area contributed by atoms with Crippen LogP contribution in [0.25, 0.3) is 0 Å². The van der Waals surface area contributed by atoms with Crippen molar-refractivity contribution in [3.8, 4) is 11.5 Å². The highest BCUT2D eigenvalue weighted by molar-refractivity contribution is 5.62. The molecular weight excluding hydrogens is 214 g/mol. The highest BCUT2D eigenvalue weighted by Gasteiger charge is 2.18. The first kappa shape index (κ1) is 12.1. The summed E-state index contributed by atoms with van der Waals surface area (Å²) in [6, 6.07) is 5.75. The molecule has 2 rings (SSSR count). The van der Waals surface area contributed by atoms with E-state index in [1.165, 1.54) is 12.8 Å². The van der Waals surface area contributed by atoms with Crippen LogP contribution < -0.4 is 15.2 Å². The van der Waals surface area contributed by atoms with E-state index in [0.717, 1.165) is 30.8 Å². The quantitative estimate of drug-likeness (QED) is 0.796. The van der Waals surface area contributed by atoms with Gasteiger partial charge >= 0.3 is 0 Å². The first-order valence-electron chi connectivity index (χ1n) is 6.49. The van der Waals surface area contributed by atoms with Crippen LogP contribution in [0.3, 0.4) is 0 Å². The molecular formula is C14H21NO2. The van der Waals surface area contributed by atoms with E-state index in [1.807, 2.05) is 18.2 Å². The number of nitrogens with two attached hydrogens (primary N) is 1. The second-order valence-electron chi connectivity index (χ2n) is 4.54. The monoisotopic (exact) mass is 235 g/mol.